The van der Waals surface area contributed by atoms with Gasteiger partial charge in [0.1, 0.15) is 17.4 Å². The number of fused-ring (bicyclic) bond motifs is 1. The number of nitrogens with zero attached hydrogens (tertiary/aromatic N) is 3. The summed E-state index contributed by atoms with van der Waals surface area (Å²) >= 11 is 0. The summed E-state index contributed by atoms with van der Waals surface area (Å²) in [4.78, 5) is 11.5. The van der Waals surface area contributed by atoms with Crippen LogP contribution in [0, 0.1) is 22.7 Å². The van der Waals surface area contributed by atoms with E-state index in [4.69, 9.17) is 10.00 Å². The highest BCUT2D eigenvalue weighted by Crippen LogP contribution is 2.32. The fourth-order valence-electron chi connectivity index (χ4n) is 2.32. The van der Waals surface area contributed by atoms with Gasteiger partial charge in [0.2, 0.25) is 0 Å². The molecule has 1 unspecified atom stereocenters. The van der Waals surface area contributed by atoms with Crippen LogP contribution in [0.25, 0.3) is 0 Å². The van der Waals surface area contributed by atoms with Crippen LogP contribution in [0.2, 0.25) is 0 Å². The Hall–Kier alpha value is -3.57. The number of rotatable bonds is 4. The van der Waals surface area contributed by atoms with E-state index in [1.165, 1.54) is 18.2 Å². The molecule has 0 aliphatic carbocycles. The fraction of sp³-hybridized carbons (Fsp3) is 0.200. The number of carbonyl (C=O) groups excluding carboxylic acids is 1. The van der Waals surface area contributed by atoms with Crippen molar-refractivity contribution in [2.75, 3.05) is 10.0 Å². The molecule has 3 rings (SSSR count). The van der Waals surface area contributed by atoms with Crippen molar-refractivity contribution in [2.45, 2.75) is 24.3 Å². The normalized spacial score (nSPS) is 15.8. The lowest BCUT2D eigenvalue weighted by Gasteiger charge is -2.23. The number of ether oxygens (including phenoxy) is 1. The molecule has 3 N–H and O–H groups in total. The summed E-state index contributed by atoms with van der Waals surface area (Å²) in [5.41, 5.74) is 0.384. The van der Waals surface area contributed by atoms with E-state index in [0.29, 0.717) is 5.75 Å². The molecule has 1 amide bonds. The molecule has 2 heterocycles. The van der Waals surface area contributed by atoms with Crippen molar-refractivity contribution in [2.24, 2.45) is 0 Å². The number of sulfonamides is 1. The highest BCUT2D eigenvalue weighted by Gasteiger charge is 2.26. The maximum atomic E-state index is 12.6. The van der Waals surface area contributed by atoms with Crippen LogP contribution in [-0.4, -0.2) is 30.6 Å². The second-order valence-electron chi connectivity index (χ2n) is 5.39. The van der Waals surface area contributed by atoms with E-state index in [0.717, 1.165) is 0 Å². The number of nitrogens with one attached hydrogen (secondary N) is 3. The Morgan fingerprint density at radius 2 is 2.15 bits per heavy atom. The van der Waals surface area contributed by atoms with Crippen LogP contribution in [0.1, 0.15) is 18.2 Å². The van der Waals surface area contributed by atoms with E-state index >= 15 is 0 Å². The van der Waals surface area contributed by atoms with Crippen molar-refractivity contribution in [1.82, 2.24) is 10.2 Å². The van der Waals surface area contributed by atoms with Gasteiger partial charge < -0.3 is 10.1 Å². The number of carbonyl (C=O) groups is 1. The van der Waals surface area contributed by atoms with Gasteiger partial charge in [0.15, 0.2) is 11.9 Å². The maximum absolute atomic E-state index is 12.6. The molecule has 2 aromatic rings. The lowest BCUT2D eigenvalue weighted by Crippen LogP contribution is -2.34. The third-order valence-electron chi connectivity index (χ3n) is 3.63. The molecule has 26 heavy (non-hydrogen) atoms. The Balaban J connectivity index is 1.93. The molecule has 1 aliphatic heterocycles. The van der Waals surface area contributed by atoms with Crippen LogP contribution in [0.3, 0.4) is 0 Å². The average Bonchev–Trinajstić information content (AvgIpc) is 2.96. The molecule has 0 saturated carbocycles. The standard InChI is InChI=1S/C15H12N6O4S/c1-8-15(22)18-12-6-9(2-3-13(12)25-8)26(23,24)21-14-10(7-17)11(4-5-16)19-20-14/h2-3,6,8H,4H2,1H3,(H,18,22)(H2,19,20,21). The lowest BCUT2D eigenvalue weighted by atomic mass is 10.2. The third-order valence-corrected chi connectivity index (χ3v) is 4.97. The number of amides is 1. The molecule has 0 fully saturated rings. The first-order valence-corrected chi connectivity index (χ1v) is 8.82. The van der Waals surface area contributed by atoms with Crippen LogP contribution < -0.4 is 14.8 Å². The number of anilines is 2. The molecular formula is C15H12N6O4S. The predicted molar refractivity (Wildman–Crippen MR) is 88.6 cm³/mol. The van der Waals surface area contributed by atoms with Crippen LogP contribution in [-0.2, 0) is 21.2 Å². The number of aromatic amines is 1. The Bertz CT molecular complexity index is 1080. The molecule has 10 nitrogen and oxygen atoms in total. The molecule has 1 aliphatic rings. The Morgan fingerprint density at radius 3 is 2.85 bits per heavy atom. The van der Waals surface area contributed by atoms with E-state index < -0.39 is 16.1 Å². The van der Waals surface area contributed by atoms with Crippen LogP contribution >= 0.6 is 0 Å². The minimum absolute atomic E-state index is 0.0569. The van der Waals surface area contributed by atoms with Gasteiger partial charge in [0.05, 0.1) is 28.8 Å². The van der Waals surface area contributed by atoms with Gasteiger partial charge in [-0.2, -0.15) is 15.6 Å². The fourth-order valence-corrected chi connectivity index (χ4v) is 3.36. The second kappa shape index (κ2) is 6.38. The number of aromatic nitrogens is 2. The summed E-state index contributed by atoms with van der Waals surface area (Å²) in [6, 6.07) is 7.65. The van der Waals surface area contributed by atoms with Crippen LogP contribution in [0.5, 0.6) is 5.75 Å². The van der Waals surface area contributed by atoms with Gasteiger partial charge in [-0.1, -0.05) is 0 Å². The first-order valence-electron chi connectivity index (χ1n) is 7.34. The molecule has 1 aromatic heterocycles. The second-order valence-corrected chi connectivity index (χ2v) is 7.07. The van der Waals surface area contributed by atoms with E-state index in [1.54, 1.807) is 6.92 Å². The number of hydrogen-bond acceptors (Lipinski definition) is 7. The zero-order valence-corrected chi connectivity index (χ0v) is 14.2. The molecule has 11 heteroatoms. The molecular weight excluding hydrogens is 360 g/mol. The highest BCUT2D eigenvalue weighted by molar-refractivity contribution is 7.92. The first kappa shape index (κ1) is 17.3. The average molecular weight is 372 g/mol. The van der Waals surface area contributed by atoms with Gasteiger partial charge in [0, 0.05) is 0 Å². The number of H-pyrrole nitrogens is 1. The van der Waals surface area contributed by atoms with E-state index in [9.17, 15) is 18.5 Å². The first-order chi connectivity index (χ1) is 12.4. The Morgan fingerprint density at radius 1 is 1.38 bits per heavy atom. The Kier molecular flexibility index (Phi) is 4.24. The Labute approximate surface area is 148 Å². The zero-order valence-electron chi connectivity index (χ0n) is 13.4. The number of hydrogen-bond donors (Lipinski definition) is 3. The largest absolute Gasteiger partial charge is 0.479 e. The molecule has 1 atom stereocenters. The van der Waals surface area contributed by atoms with Crippen molar-refractivity contribution in [1.29, 1.82) is 10.5 Å². The van der Waals surface area contributed by atoms with Crippen molar-refractivity contribution >= 4 is 27.4 Å². The predicted octanol–water partition coefficient (Wildman–Crippen LogP) is 0.868. The quantitative estimate of drug-likeness (QED) is 0.717. The molecule has 0 saturated heterocycles. The van der Waals surface area contributed by atoms with Gasteiger partial charge in [-0.15, -0.1) is 0 Å². The van der Waals surface area contributed by atoms with Crippen molar-refractivity contribution in [3.63, 3.8) is 0 Å². The number of benzene rings is 1. The third kappa shape index (κ3) is 3.03. The summed E-state index contributed by atoms with van der Waals surface area (Å²) in [5.74, 6) is -0.241. The van der Waals surface area contributed by atoms with Crippen molar-refractivity contribution in [3.05, 3.63) is 29.5 Å². The van der Waals surface area contributed by atoms with Crippen LogP contribution in [0.15, 0.2) is 23.1 Å². The summed E-state index contributed by atoms with van der Waals surface area (Å²) in [5, 5.41) is 26.7. The van der Waals surface area contributed by atoms with Crippen molar-refractivity contribution < 1.29 is 17.9 Å². The van der Waals surface area contributed by atoms with Gasteiger partial charge in [-0.3, -0.25) is 14.6 Å². The van der Waals surface area contributed by atoms with Gasteiger partial charge in [-0.25, -0.2) is 8.42 Å². The molecule has 1 aromatic carbocycles. The summed E-state index contributed by atoms with van der Waals surface area (Å²) in [6.45, 7) is 1.57. The SMILES string of the molecule is CC1Oc2ccc(S(=O)(=O)Nc3n[nH]c(CC#N)c3C#N)cc2NC1=O. The topological polar surface area (TPSA) is 161 Å². The van der Waals surface area contributed by atoms with Gasteiger partial charge in [-0.05, 0) is 25.1 Å². The summed E-state index contributed by atoms with van der Waals surface area (Å²) < 4.78 is 32.7. The smallest absolute Gasteiger partial charge is 0.265 e. The number of nitriles is 2. The lowest BCUT2D eigenvalue weighted by molar-refractivity contribution is -0.122. The molecule has 0 spiro atoms. The van der Waals surface area contributed by atoms with Gasteiger partial charge in [0.25, 0.3) is 15.9 Å². The zero-order chi connectivity index (χ0) is 18.9. The van der Waals surface area contributed by atoms with E-state index in [1.807, 2.05) is 12.1 Å². The van der Waals surface area contributed by atoms with Gasteiger partial charge >= 0.3 is 0 Å². The molecule has 0 radical (unpaired) electrons. The summed E-state index contributed by atoms with van der Waals surface area (Å²) in [7, 11) is -4.09. The van der Waals surface area contributed by atoms with E-state index in [2.05, 4.69) is 20.2 Å². The molecule has 132 valence electrons. The maximum Gasteiger partial charge on any atom is 0.265 e. The van der Waals surface area contributed by atoms with Crippen molar-refractivity contribution in [3.8, 4) is 17.9 Å². The molecule has 0 bridgehead atoms. The van der Waals surface area contributed by atoms with Crippen LogP contribution in [0.4, 0.5) is 11.5 Å². The summed E-state index contributed by atoms with van der Waals surface area (Å²) in [6.07, 6.45) is -0.790. The highest BCUT2D eigenvalue weighted by atomic mass is 32.2. The van der Waals surface area contributed by atoms with E-state index in [-0.39, 0.29) is 40.0 Å². The minimum atomic E-state index is -4.09. The monoisotopic (exact) mass is 372 g/mol. The minimum Gasteiger partial charge on any atom is -0.479 e.